The van der Waals surface area contributed by atoms with Crippen LogP contribution in [0.2, 0.25) is 0 Å². The normalized spacial score (nSPS) is 9.71. The fourth-order valence-electron chi connectivity index (χ4n) is 1.50. The fourth-order valence-corrected chi connectivity index (χ4v) is 1.50. The van der Waals surface area contributed by atoms with Gasteiger partial charge < -0.3 is 4.84 Å². The van der Waals surface area contributed by atoms with E-state index >= 15 is 0 Å². The van der Waals surface area contributed by atoms with Crippen LogP contribution >= 0.6 is 0 Å². The number of hydrogen-bond donors (Lipinski definition) is 1. The van der Waals surface area contributed by atoms with Crippen LogP contribution in [-0.4, -0.2) is 10.9 Å². The van der Waals surface area contributed by atoms with Crippen molar-refractivity contribution in [3.8, 4) is 0 Å². The Kier molecular flexibility index (Phi) is 4.20. The zero-order chi connectivity index (χ0) is 15.2. The van der Waals surface area contributed by atoms with Crippen molar-refractivity contribution < 1.29 is 14.6 Å². The summed E-state index contributed by atoms with van der Waals surface area (Å²) in [6, 6.07) is 11.1. The van der Waals surface area contributed by atoms with E-state index < -0.39 is 10.9 Å². The number of hydrogen-bond acceptors (Lipinski definition) is 7. The number of nitro benzene ring substituents is 1. The molecule has 0 aliphatic carbocycles. The monoisotopic (exact) mass is 287 g/mol. The van der Waals surface area contributed by atoms with Gasteiger partial charge in [0.25, 0.3) is 5.69 Å². The number of carbonyl (C=O) groups excluding carboxylic acids is 1. The third-order valence-corrected chi connectivity index (χ3v) is 2.53. The van der Waals surface area contributed by atoms with Crippen molar-refractivity contribution >= 4 is 23.0 Å². The molecule has 1 N–H and O–H groups in total. The van der Waals surface area contributed by atoms with Crippen LogP contribution in [0.15, 0.2) is 53.7 Å². The molecule has 0 aromatic heterocycles. The molecule has 0 bridgehead atoms. The summed E-state index contributed by atoms with van der Waals surface area (Å²) < 4.78 is 0. The van der Waals surface area contributed by atoms with Crippen LogP contribution in [0.3, 0.4) is 0 Å². The Hall–Kier alpha value is -3.29. The Balaban J connectivity index is 2.02. The smallest absolute Gasteiger partial charge is 0.338 e. The maximum atomic E-state index is 11.7. The first kappa shape index (κ1) is 14.1. The van der Waals surface area contributed by atoms with E-state index in [0.29, 0.717) is 5.69 Å². The van der Waals surface area contributed by atoms with Crippen molar-refractivity contribution in [2.24, 2.45) is 5.18 Å². The van der Waals surface area contributed by atoms with Crippen molar-refractivity contribution in [1.29, 1.82) is 0 Å². The summed E-state index contributed by atoms with van der Waals surface area (Å²) in [4.78, 5) is 36.8. The third-order valence-electron chi connectivity index (χ3n) is 2.53. The molecular formula is C13H9N3O5. The lowest BCUT2D eigenvalue weighted by Crippen LogP contribution is -2.10. The van der Waals surface area contributed by atoms with Crippen LogP contribution in [0.5, 0.6) is 0 Å². The highest BCUT2D eigenvalue weighted by Crippen LogP contribution is 2.17. The van der Waals surface area contributed by atoms with Crippen molar-refractivity contribution in [1.82, 2.24) is 0 Å². The van der Waals surface area contributed by atoms with E-state index in [-0.39, 0.29) is 16.9 Å². The Labute approximate surface area is 118 Å². The molecule has 0 heterocycles. The second-order valence-electron chi connectivity index (χ2n) is 3.94. The molecular weight excluding hydrogens is 278 g/mol. The van der Waals surface area contributed by atoms with E-state index in [1.165, 1.54) is 42.5 Å². The highest BCUT2D eigenvalue weighted by molar-refractivity contribution is 5.90. The van der Waals surface area contributed by atoms with Crippen LogP contribution in [0.1, 0.15) is 10.4 Å². The average Bonchev–Trinajstić information content (AvgIpc) is 2.53. The zero-order valence-electron chi connectivity index (χ0n) is 10.6. The van der Waals surface area contributed by atoms with E-state index in [2.05, 4.69) is 10.7 Å². The summed E-state index contributed by atoms with van der Waals surface area (Å²) >= 11 is 0. The highest BCUT2D eigenvalue weighted by Gasteiger charge is 2.12. The van der Waals surface area contributed by atoms with E-state index in [1.807, 2.05) is 0 Å². The topological polar surface area (TPSA) is 111 Å². The first-order chi connectivity index (χ1) is 10.1. The molecule has 0 fully saturated rings. The van der Waals surface area contributed by atoms with Gasteiger partial charge in [-0.3, -0.25) is 10.1 Å². The number of anilines is 1. The molecule has 21 heavy (non-hydrogen) atoms. The van der Waals surface area contributed by atoms with Crippen molar-refractivity contribution in [2.45, 2.75) is 0 Å². The molecule has 0 unspecified atom stereocenters. The van der Waals surface area contributed by atoms with Crippen molar-refractivity contribution in [3.63, 3.8) is 0 Å². The van der Waals surface area contributed by atoms with Gasteiger partial charge in [0, 0.05) is 12.1 Å². The van der Waals surface area contributed by atoms with E-state index in [9.17, 15) is 19.8 Å². The van der Waals surface area contributed by atoms with Crippen LogP contribution in [0, 0.1) is 15.0 Å². The fraction of sp³-hybridized carbons (Fsp3) is 0. The predicted octanol–water partition coefficient (Wildman–Crippen LogP) is 3.18. The lowest BCUT2D eigenvalue weighted by molar-refractivity contribution is -0.384. The molecule has 8 heteroatoms. The molecule has 2 rings (SSSR count). The molecule has 0 atom stereocenters. The lowest BCUT2D eigenvalue weighted by atomic mass is 10.2. The Morgan fingerprint density at radius 2 is 1.90 bits per heavy atom. The quantitative estimate of drug-likeness (QED) is 0.513. The first-order valence-electron chi connectivity index (χ1n) is 5.75. The molecule has 8 nitrogen and oxygen atoms in total. The summed E-state index contributed by atoms with van der Waals surface area (Å²) in [6.45, 7) is 0. The number of nitrogens with one attached hydrogen (secondary N) is 1. The summed E-state index contributed by atoms with van der Waals surface area (Å²) in [5.74, 6) is -0.767. The zero-order valence-corrected chi connectivity index (χ0v) is 10.6. The lowest BCUT2D eigenvalue weighted by Gasteiger charge is -2.06. The second kappa shape index (κ2) is 6.24. The number of nitroso groups, excluding NO2 is 1. The summed E-state index contributed by atoms with van der Waals surface area (Å²) in [5.41, 5.74) is 2.89. The molecule has 0 spiro atoms. The predicted molar refractivity (Wildman–Crippen MR) is 74.0 cm³/mol. The van der Waals surface area contributed by atoms with Crippen LogP contribution in [0.4, 0.5) is 17.1 Å². The summed E-state index contributed by atoms with van der Waals surface area (Å²) in [5, 5.41) is 13.4. The average molecular weight is 287 g/mol. The number of nitrogens with zero attached hydrogens (tertiary/aromatic N) is 2. The van der Waals surface area contributed by atoms with Gasteiger partial charge in [-0.15, -0.1) is 4.91 Å². The molecule has 0 saturated carbocycles. The minimum absolute atomic E-state index is 0.0443. The Morgan fingerprint density at radius 1 is 1.19 bits per heavy atom. The first-order valence-corrected chi connectivity index (χ1v) is 5.75. The van der Waals surface area contributed by atoms with Crippen LogP contribution in [-0.2, 0) is 4.84 Å². The van der Waals surface area contributed by atoms with Gasteiger partial charge in [0.05, 0.1) is 16.2 Å². The third kappa shape index (κ3) is 3.60. The maximum absolute atomic E-state index is 11.7. The number of nitro groups is 1. The van der Waals surface area contributed by atoms with Gasteiger partial charge >= 0.3 is 5.97 Å². The van der Waals surface area contributed by atoms with Gasteiger partial charge in [0.15, 0.2) is 0 Å². The Morgan fingerprint density at radius 3 is 2.52 bits per heavy atom. The SMILES string of the molecule is O=Nc1ccc(NOC(=O)c2cccc([N+](=O)[O-])c2)cc1. The molecule has 0 aliphatic heterocycles. The van der Waals surface area contributed by atoms with Gasteiger partial charge in [0.2, 0.25) is 0 Å². The van der Waals surface area contributed by atoms with Crippen molar-refractivity contribution in [2.75, 3.05) is 5.48 Å². The molecule has 2 aromatic rings. The molecule has 0 aliphatic rings. The van der Waals surface area contributed by atoms with Gasteiger partial charge in [-0.2, -0.15) is 0 Å². The van der Waals surface area contributed by atoms with Crippen LogP contribution in [0.25, 0.3) is 0 Å². The van der Waals surface area contributed by atoms with Crippen molar-refractivity contribution in [3.05, 3.63) is 69.1 Å². The van der Waals surface area contributed by atoms with Gasteiger partial charge in [-0.05, 0) is 35.5 Å². The number of rotatable bonds is 5. The second-order valence-corrected chi connectivity index (χ2v) is 3.94. The van der Waals surface area contributed by atoms with E-state index in [4.69, 9.17) is 4.84 Å². The number of benzene rings is 2. The van der Waals surface area contributed by atoms with Crippen LogP contribution < -0.4 is 5.48 Å². The summed E-state index contributed by atoms with van der Waals surface area (Å²) in [7, 11) is 0. The largest absolute Gasteiger partial charge is 0.363 e. The van der Waals surface area contributed by atoms with Gasteiger partial charge in [0.1, 0.15) is 5.69 Å². The molecule has 0 amide bonds. The van der Waals surface area contributed by atoms with Gasteiger partial charge in [-0.25, -0.2) is 10.3 Å². The Bertz CT molecular complexity index is 684. The highest BCUT2D eigenvalue weighted by atomic mass is 16.7. The molecule has 106 valence electrons. The number of carbonyl (C=O) groups is 1. The standard InChI is InChI=1S/C13H9N3O5/c17-13(9-2-1-3-12(8-9)16(19)20)21-15-11-6-4-10(14-18)5-7-11/h1-8,15H. The minimum atomic E-state index is -0.767. The minimum Gasteiger partial charge on any atom is -0.338 e. The molecule has 0 radical (unpaired) electrons. The maximum Gasteiger partial charge on any atom is 0.363 e. The molecule has 2 aromatic carbocycles. The van der Waals surface area contributed by atoms with Gasteiger partial charge in [-0.1, -0.05) is 6.07 Å². The number of non-ortho nitro benzene ring substituents is 1. The van der Waals surface area contributed by atoms with E-state index in [0.717, 1.165) is 6.07 Å². The molecule has 0 saturated heterocycles. The van der Waals surface area contributed by atoms with E-state index in [1.54, 1.807) is 0 Å². The summed E-state index contributed by atoms with van der Waals surface area (Å²) in [6.07, 6.45) is 0.